The highest BCUT2D eigenvalue weighted by molar-refractivity contribution is 6.33. The molecule has 0 spiro atoms. The van der Waals surface area contributed by atoms with Gasteiger partial charge in [-0.25, -0.2) is 4.68 Å². The van der Waals surface area contributed by atoms with Crippen molar-refractivity contribution in [2.75, 3.05) is 39.0 Å². The summed E-state index contributed by atoms with van der Waals surface area (Å²) in [7, 11) is 1.51. The highest BCUT2D eigenvalue weighted by Gasteiger charge is 2.21. The molecule has 0 bridgehead atoms. The first-order valence-corrected chi connectivity index (χ1v) is 9.79. The van der Waals surface area contributed by atoms with Gasteiger partial charge in [0.15, 0.2) is 0 Å². The van der Waals surface area contributed by atoms with Crippen LogP contribution < -0.4 is 15.8 Å². The molecule has 2 aromatic rings. The number of hydrogen-bond acceptors (Lipinski definition) is 7. The molecule has 0 unspecified atom stereocenters. The molecule has 1 aromatic heterocycles. The van der Waals surface area contributed by atoms with Gasteiger partial charge in [-0.15, -0.1) is 5.10 Å². The summed E-state index contributed by atoms with van der Waals surface area (Å²) in [6.45, 7) is 4.57. The molecule has 3 rings (SSSR count). The maximum absolute atomic E-state index is 12.5. The summed E-state index contributed by atoms with van der Waals surface area (Å²) >= 11 is 6.05. The number of aryl methyl sites for hydroxylation is 1. The van der Waals surface area contributed by atoms with Crippen LogP contribution in [0.3, 0.4) is 0 Å². The second-order valence-electron chi connectivity index (χ2n) is 7.00. The third-order valence-electron chi connectivity index (χ3n) is 5.07. The van der Waals surface area contributed by atoms with Crippen molar-refractivity contribution >= 4 is 23.2 Å². The standard InChI is InChI=1S/C18H26ClN7O2/c1-28-17-10-16(20)15(19)9-14(17)18(27)21-11-13-3-7-25(8-4-13)5-2-6-26-12-22-23-24-26/h9-10,12-13H,2-8,11,20H2,1H3,(H,21,27). The van der Waals surface area contributed by atoms with Gasteiger partial charge in [0, 0.05) is 19.2 Å². The van der Waals surface area contributed by atoms with E-state index in [1.807, 2.05) is 0 Å². The topological polar surface area (TPSA) is 111 Å². The number of nitrogens with two attached hydrogens (primary N) is 1. The van der Waals surface area contributed by atoms with Crippen molar-refractivity contribution in [1.82, 2.24) is 30.4 Å². The highest BCUT2D eigenvalue weighted by Crippen LogP contribution is 2.29. The van der Waals surface area contributed by atoms with Crippen molar-refractivity contribution in [2.45, 2.75) is 25.8 Å². The Morgan fingerprint density at radius 3 is 2.82 bits per heavy atom. The molecule has 1 saturated heterocycles. The van der Waals surface area contributed by atoms with Crippen LogP contribution in [0.1, 0.15) is 29.6 Å². The van der Waals surface area contributed by atoms with E-state index in [1.54, 1.807) is 23.1 Å². The van der Waals surface area contributed by atoms with Gasteiger partial charge in [-0.05, 0) is 61.3 Å². The number of aromatic nitrogens is 4. The van der Waals surface area contributed by atoms with E-state index < -0.39 is 0 Å². The number of anilines is 1. The number of amides is 1. The number of carbonyl (C=O) groups excluding carboxylic acids is 1. The molecule has 2 heterocycles. The van der Waals surface area contributed by atoms with Gasteiger partial charge in [0.1, 0.15) is 12.1 Å². The van der Waals surface area contributed by atoms with Crippen molar-refractivity contribution in [1.29, 1.82) is 0 Å². The number of hydrogen-bond donors (Lipinski definition) is 2. The SMILES string of the molecule is COc1cc(N)c(Cl)cc1C(=O)NCC1CCN(CCCn2cnnn2)CC1. The van der Waals surface area contributed by atoms with Crippen molar-refractivity contribution in [2.24, 2.45) is 5.92 Å². The minimum Gasteiger partial charge on any atom is -0.496 e. The molecule has 1 amide bonds. The minimum absolute atomic E-state index is 0.192. The normalized spacial score (nSPS) is 15.5. The van der Waals surface area contributed by atoms with E-state index in [0.29, 0.717) is 34.5 Å². The Hall–Kier alpha value is -2.39. The van der Waals surface area contributed by atoms with Crippen molar-refractivity contribution in [3.8, 4) is 5.75 Å². The number of likely N-dealkylation sites (tertiary alicyclic amines) is 1. The number of piperidine rings is 1. The third-order valence-corrected chi connectivity index (χ3v) is 5.40. The number of benzene rings is 1. The number of nitrogen functional groups attached to an aromatic ring is 1. The Labute approximate surface area is 169 Å². The number of nitrogens with zero attached hydrogens (tertiary/aromatic N) is 5. The fourth-order valence-electron chi connectivity index (χ4n) is 3.40. The van der Waals surface area contributed by atoms with Crippen LogP contribution in [0, 0.1) is 5.92 Å². The van der Waals surface area contributed by atoms with Crippen molar-refractivity contribution < 1.29 is 9.53 Å². The zero-order valence-corrected chi connectivity index (χ0v) is 16.7. The average molecular weight is 408 g/mol. The lowest BCUT2D eigenvalue weighted by Crippen LogP contribution is -2.39. The quantitative estimate of drug-likeness (QED) is 0.637. The molecule has 0 atom stereocenters. The molecule has 0 radical (unpaired) electrons. The van der Waals surface area contributed by atoms with E-state index in [2.05, 4.69) is 25.7 Å². The lowest BCUT2D eigenvalue weighted by Gasteiger charge is -2.32. The molecule has 1 aliphatic heterocycles. The maximum Gasteiger partial charge on any atom is 0.255 e. The second-order valence-corrected chi connectivity index (χ2v) is 7.40. The van der Waals surface area contributed by atoms with Crippen LogP contribution in [0.2, 0.25) is 5.02 Å². The largest absolute Gasteiger partial charge is 0.496 e. The Balaban J connectivity index is 1.40. The highest BCUT2D eigenvalue weighted by atomic mass is 35.5. The predicted octanol–water partition coefficient (Wildman–Crippen LogP) is 1.45. The molecule has 3 N–H and O–H groups in total. The number of ether oxygens (including phenoxy) is 1. The average Bonchev–Trinajstić information content (AvgIpc) is 3.22. The molecule has 1 fully saturated rings. The monoisotopic (exact) mass is 407 g/mol. The molecular weight excluding hydrogens is 382 g/mol. The Morgan fingerprint density at radius 2 is 2.14 bits per heavy atom. The second kappa shape index (κ2) is 9.70. The number of rotatable bonds is 8. The molecule has 152 valence electrons. The van der Waals surface area contributed by atoms with E-state index in [4.69, 9.17) is 22.1 Å². The minimum atomic E-state index is -0.192. The number of carbonyl (C=O) groups is 1. The number of methoxy groups -OCH3 is 1. The molecule has 10 heteroatoms. The van der Waals surface area contributed by atoms with Crippen LogP contribution in [0.15, 0.2) is 18.5 Å². The van der Waals surface area contributed by atoms with Gasteiger partial charge >= 0.3 is 0 Å². The summed E-state index contributed by atoms with van der Waals surface area (Å²) in [6.07, 6.45) is 4.78. The van der Waals surface area contributed by atoms with Gasteiger partial charge in [0.05, 0.1) is 23.4 Å². The molecule has 1 aliphatic rings. The van der Waals surface area contributed by atoms with E-state index in [-0.39, 0.29) is 5.91 Å². The number of nitrogens with one attached hydrogen (secondary N) is 1. The van der Waals surface area contributed by atoms with Crippen LogP contribution in [0.25, 0.3) is 0 Å². The summed E-state index contributed by atoms with van der Waals surface area (Å²) in [5.41, 5.74) is 6.57. The van der Waals surface area contributed by atoms with E-state index >= 15 is 0 Å². The zero-order chi connectivity index (χ0) is 19.9. The van der Waals surface area contributed by atoms with E-state index in [9.17, 15) is 4.79 Å². The lowest BCUT2D eigenvalue weighted by atomic mass is 9.96. The molecule has 1 aromatic carbocycles. The van der Waals surface area contributed by atoms with Crippen LogP contribution in [0.4, 0.5) is 5.69 Å². The molecular formula is C18H26ClN7O2. The van der Waals surface area contributed by atoms with Crippen LogP contribution >= 0.6 is 11.6 Å². The summed E-state index contributed by atoms with van der Waals surface area (Å²) in [4.78, 5) is 15.0. The Bertz CT molecular complexity index is 776. The maximum atomic E-state index is 12.5. The summed E-state index contributed by atoms with van der Waals surface area (Å²) in [5, 5.41) is 14.5. The van der Waals surface area contributed by atoms with E-state index in [1.165, 1.54) is 7.11 Å². The van der Waals surface area contributed by atoms with Crippen LogP contribution in [-0.2, 0) is 6.54 Å². The van der Waals surface area contributed by atoms with Crippen LogP contribution in [-0.4, -0.2) is 64.3 Å². The lowest BCUT2D eigenvalue weighted by molar-refractivity contribution is 0.0933. The fraction of sp³-hybridized carbons (Fsp3) is 0.556. The fourth-order valence-corrected chi connectivity index (χ4v) is 3.56. The van der Waals surface area contributed by atoms with Gasteiger partial charge < -0.3 is 20.7 Å². The third kappa shape index (κ3) is 5.32. The van der Waals surface area contributed by atoms with Gasteiger partial charge in [-0.1, -0.05) is 11.6 Å². The van der Waals surface area contributed by atoms with Crippen molar-refractivity contribution in [3.63, 3.8) is 0 Å². The predicted molar refractivity (Wildman–Crippen MR) is 106 cm³/mol. The first-order chi connectivity index (χ1) is 13.6. The first kappa shape index (κ1) is 20.3. The van der Waals surface area contributed by atoms with Crippen molar-refractivity contribution in [3.05, 3.63) is 29.0 Å². The van der Waals surface area contributed by atoms with Gasteiger partial charge in [0.2, 0.25) is 0 Å². The first-order valence-electron chi connectivity index (χ1n) is 9.41. The summed E-state index contributed by atoms with van der Waals surface area (Å²) in [6, 6.07) is 3.13. The smallest absolute Gasteiger partial charge is 0.255 e. The van der Waals surface area contributed by atoms with Gasteiger partial charge in [0.25, 0.3) is 5.91 Å². The van der Waals surface area contributed by atoms with Gasteiger partial charge in [-0.3, -0.25) is 4.79 Å². The summed E-state index contributed by atoms with van der Waals surface area (Å²) in [5.74, 6) is 0.703. The zero-order valence-electron chi connectivity index (χ0n) is 16.0. The van der Waals surface area contributed by atoms with Gasteiger partial charge in [-0.2, -0.15) is 0 Å². The molecule has 9 nitrogen and oxygen atoms in total. The molecule has 0 aliphatic carbocycles. The molecule has 28 heavy (non-hydrogen) atoms. The van der Waals surface area contributed by atoms with E-state index in [0.717, 1.165) is 45.4 Å². The summed E-state index contributed by atoms with van der Waals surface area (Å²) < 4.78 is 7.00. The Morgan fingerprint density at radius 1 is 1.36 bits per heavy atom. The van der Waals surface area contributed by atoms with Crippen LogP contribution in [0.5, 0.6) is 5.75 Å². The number of halogens is 1. The number of tetrazole rings is 1. The Kier molecular flexibility index (Phi) is 7.05. The molecule has 0 saturated carbocycles.